The average Bonchev–Trinajstić information content (AvgIpc) is 2.53. The molecule has 1 aromatic carbocycles. The van der Waals surface area contributed by atoms with Crippen molar-refractivity contribution in [2.45, 2.75) is 18.7 Å². The van der Waals surface area contributed by atoms with Crippen LogP contribution in [0.5, 0.6) is 0 Å². The fourth-order valence-corrected chi connectivity index (χ4v) is 3.38. The Labute approximate surface area is 142 Å². The minimum absolute atomic E-state index is 0.133. The topological polar surface area (TPSA) is 92.4 Å². The second-order valence-corrected chi connectivity index (χ2v) is 7.53. The highest BCUT2D eigenvalue weighted by atomic mass is 32.2. The number of anilines is 2. The smallest absolute Gasteiger partial charge is 0.238 e. The van der Waals surface area contributed by atoms with Gasteiger partial charge in [-0.15, -0.1) is 0 Å². The van der Waals surface area contributed by atoms with Crippen LogP contribution in [0.1, 0.15) is 11.4 Å². The molecule has 2 N–H and O–H groups in total. The number of nitrogens with zero attached hydrogens (tertiary/aromatic N) is 4. The summed E-state index contributed by atoms with van der Waals surface area (Å²) in [5.74, 6) is 0.775. The van der Waals surface area contributed by atoms with Gasteiger partial charge in [-0.05, 0) is 44.2 Å². The Morgan fingerprint density at radius 2 is 1.42 bits per heavy atom. The molecule has 0 atom stereocenters. The van der Waals surface area contributed by atoms with Gasteiger partial charge in [0.25, 0.3) is 0 Å². The van der Waals surface area contributed by atoms with Crippen LogP contribution in [0.2, 0.25) is 0 Å². The Hall–Kier alpha value is -2.19. The van der Waals surface area contributed by atoms with Crippen molar-refractivity contribution < 1.29 is 8.42 Å². The lowest BCUT2D eigenvalue weighted by Gasteiger charge is -2.36. The minimum Gasteiger partial charge on any atom is -0.368 e. The van der Waals surface area contributed by atoms with Crippen molar-refractivity contribution in [2.75, 3.05) is 36.0 Å². The largest absolute Gasteiger partial charge is 0.368 e. The first-order valence-corrected chi connectivity index (χ1v) is 9.32. The lowest BCUT2D eigenvalue weighted by Crippen LogP contribution is -2.47. The first-order chi connectivity index (χ1) is 11.3. The second-order valence-electron chi connectivity index (χ2n) is 5.96. The van der Waals surface area contributed by atoms with Gasteiger partial charge in [-0.1, -0.05) is 0 Å². The van der Waals surface area contributed by atoms with Gasteiger partial charge in [0.15, 0.2) is 0 Å². The van der Waals surface area contributed by atoms with Crippen molar-refractivity contribution in [2.24, 2.45) is 5.14 Å². The fourth-order valence-electron chi connectivity index (χ4n) is 2.86. The van der Waals surface area contributed by atoms with Crippen molar-refractivity contribution in [3.8, 4) is 0 Å². The molecule has 2 aromatic rings. The van der Waals surface area contributed by atoms with E-state index in [9.17, 15) is 8.42 Å². The van der Waals surface area contributed by atoms with Crippen LogP contribution in [0, 0.1) is 13.8 Å². The van der Waals surface area contributed by atoms with Crippen LogP contribution in [-0.4, -0.2) is 44.6 Å². The monoisotopic (exact) mass is 347 g/mol. The van der Waals surface area contributed by atoms with Crippen LogP contribution in [0.4, 0.5) is 11.6 Å². The molecule has 0 spiro atoms. The normalized spacial score (nSPS) is 15.6. The summed E-state index contributed by atoms with van der Waals surface area (Å²) < 4.78 is 22.6. The summed E-state index contributed by atoms with van der Waals surface area (Å²) >= 11 is 0. The highest BCUT2D eigenvalue weighted by Crippen LogP contribution is 2.20. The molecule has 0 bridgehead atoms. The molecule has 2 heterocycles. The standard InChI is InChI=1S/C16H21N5O2S/c1-12-11-13(2)19-16(18-12)21-9-7-20(8-10-21)14-3-5-15(6-4-14)24(17,22)23/h3-6,11H,7-10H2,1-2H3,(H2,17,22,23). The van der Waals surface area contributed by atoms with E-state index in [-0.39, 0.29) is 4.90 Å². The molecule has 24 heavy (non-hydrogen) atoms. The molecule has 0 aliphatic carbocycles. The predicted octanol–water partition coefficient (Wildman–Crippen LogP) is 1.07. The highest BCUT2D eigenvalue weighted by Gasteiger charge is 2.20. The maximum atomic E-state index is 11.3. The molecule has 1 fully saturated rings. The summed E-state index contributed by atoms with van der Waals surface area (Å²) in [7, 11) is -3.65. The van der Waals surface area contributed by atoms with E-state index in [1.54, 1.807) is 24.3 Å². The number of rotatable bonds is 3. The van der Waals surface area contributed by atoms with Crippen LogP contribution >= 0.6 is 0 Å². The van der Waals surface area contributed by atoms with Crippen molar-refractivity contribution >= 4 is 21.7 Å². The summed E-state index contributed by atoms with van der Waals surface area (Å²) in [6, 6.07) is 8.65. The van der Waals surface area contributed by atoms with Gasteiger partial charge in [0.2, 0.25) is 16.0 Å². The van der Waals surface area contributed by atoms with Crippen LogP contribution in [-0.2, 0) is 10.0 Å². The number of benzene rings is 1. The van der Waals surface area contributed by atoms with Gasteiger partial charge in [-0.2, -0.15) is 0 Å². The number of primary sulfonamides is 1. The Morgan fingerprint density at radius 1 is 0.917 bits per heavy atom. The number of piperazine rings is 1. The zero-order valence-corrected chi connectivity index (χ0v) is 14.6. The Bertz CT molecular complexity index is 808. The van der Waals surface area contributed by atoms with Crippen molar-refractivity contribution in [1.82, 2.24) is 9.97 Å². The van der Waals surface area contributed by atoms with Gasteiger partial charge in [0.05, 0.1) is 4.90 Å². The first kappa shape index (κ1) is 16.7. The molecule has 0 amide bonds. The van der Waals surface area contributed by atoms with Gasteiger partial charge in [0.1, 0.15) is 0 Å². The van der Waals surface area contributed by atoms with E-state index in [1.807, 2.05) is 19.9 Å². The van der Waals surface area contributed by atoms with Crippen LogP contribution < -0.4 is 14.9 Å². The van der Waals surface area contributed by atoms with E-state index < -0.39 is 10.0 Å². The van der Waals surface area contributed by atoms with E-state index in [0.717, 1.165) is 49.2 Å². The van der Waals surface area contributed by atoms with E-state index >= 15 is 0 Å². The molecule has 0 unspecified atom stereocenters. The second kappa shape index (κ2) is 6.37. The Kier molecular flexibility index (Phi) is 4.42. The molecule has 1 aliphatic rings. The zero-order valence-electron chi connectivity index (χ0n) is 13.8. The first-order valence-electron chi connectivity index (χ1n) is 7.78. The van der Waals surface area contributed by atoms with Gasteiger partial charge < -0.3 is 9.80 Å². The van der Waals surface area contributed by atoms with Gasteiger partial charge in [-0.3, -0.25) is 0 Å². The molecule has 0 radical (unpaired) electrons. The van der Waals surface area contributed by atoms with Gasteiger partial charge >= 0.3 is 0 Å². The molecular formula is C16H21N5O2S. The molecule has 0 saturated carbocycles. The minimum atomic E-state index is -3.65. The summed E-state index contributed by atoms with van der Waals surface area (Å²) in [5.41, 5.74) is 2.93. The van der Waals surface area contributed by atoms with Crippen LogP contribution in [0.25, 0.3) is 0 Å². The van der Waals surface area contributed by atoms with E-state index in [1.165, 1.54) is 0 Å². The molecular weight excluding hydrogens is 326 g/mol. The number of hydrogen-bond acceptors (Lipinski definition) is 6. The third kappa shape index (κ3) is 3.65. The number of hydrogen-bond donors (Lipinski definition) is 1. The molecule has 1 aromatic heterocycles. The quantitative estimate of drug-likeness (QED) is 0.893. The zero-order chi connectivity index (χ0) is 17.3. The van der Waals surface area contributed by atoms with E-state index in [0.29, 0.717) is 0 Å². The summed E-state index contributed by atoms with van der Waals surface area (Å²) in [6.07, 6.45) is 0. The van der Waals surface area contributed by atoms with Gasteiger partial charge in [0, 0.05) is 43.3 Å². The summed E-state index contributed by atoms with van der Waals surface area (Å²) in [6.45, 7) is 7.23. The van der Waals surface area contributed by atoms with Gasteiger partial charge in [-0.25, -0.2) is 23.5 Å². The van der Waals surface area contributed by atoms with Crippen LogP contribution in [0.3, 0.4) is 0 Å². The summed E-state index contributed by atoms with van der Waals surface area (Å²) in [4.78, 5) is 13.5. The predicted molar refractivity (Wildman–Crippen MR) is 93.7 cm³/mol. The molecule has 3 rings (SSSR count). The van der Waals surface area contributed by atoms with Crippen LogP contribution in [0.15, 0.2) is 35.2 Å². The third-order valence-electron chi connectivity index (χ3n) is 4.06. The van der Waals surface area contributed by atoms with Crippen molar-refractivity contribution in [3.05, 3.63) is 41.7 Å². The SMILES string of the molecule is Cc1cc(C)nc(N2CCN(c3ccc(S(N)(=O)=O)cc3)CC2)n1. The number of nitrogens with two attached hydrogens (primary N) is 1. The van der Waals surface area contributed by atoms with E-state index in [4.69, 9.17) is 5.14 Å². The van der Waals surface area contributed by atoms with Crippen molar-refractivity contribution in [1.29, 1.82) is 0 Å². The van der Waals surface area contributed by atoms with Crippen molar-refractivity contribution in [3.63, 3.8) is 0 Å². The maximum absolute atomic E-state index is 11.3. The molecule has 1 saturated heterocycles. The molecule has 128 valence electrons. The molecule has 8 heteroatoms. The average molecular weight is 347 g/mol. The molecule has 7 nitrogen and oxygen atoms in total. The summed E-state index contributed by atoms with van der Waals surface area (Å²) in [5, 5.41) is 5.13. The lowest BCUT2D eigenvalue weighted by molar-refractivity contribution is 0.597. The molecule has 1 aliphatic heterocycles. The maximum Gasteiger partial charge on any atom is 0.238 e. The Balaban J connectivity index is 1.68. The third-order valence-corrected chi connectivity index (χ3v) is 4.99. The fraction of sp³-hybridized carbons (Fsp3) is 0.375. The number of aryl methyl sites for hydroxylation is 2. The number of sulfonamides is 1. The Morgan fingerprint density at radius 3 is 1.92 bits per heavy atom. The lowest BCUT2D eigenvalue weighted by atomic mass is 10.2. The van der Waals surface area contributed by atoms with E-state index in [2.05, 4.69) is 19.8 Å². The number of aromatic nitrogens is 2. The highest BCUT2D eigenvalue weighted by molar-refractivity contribution is 7.89.